The first-order valence-electron chi connectivity index (χ1n) is 7.18. The van der Waals surface area contributed by atoms with Crippen LogP contribution < -0.4 is 10.6 Å². The molecule has 1 saturated heterocycles. The first-order chi connectivity index (χ1) is 9.83. The molecule has 1 unspecified atom stereocenters. The van der Waals surface area contributed by atoms with Gasteiger partial charge in [-0.2, -0.15) is 0 Å². The number of nitrogens with two attached hydrogens (primary N) is 1. The maximum absolute atomic E-state index is 5.81. The second kappa shape index (κ2) is 5.77. The number of pyridine rings is 1. The van der Waals surface area contributed by atoms with Crippen LogP contribution in [0.2, 0.25) is 0 Å². The highest BCUT2D eigenvalue weighted by Gasteiger charge is 2.22. The third kappa shape index (κ3) is 2.37. The van der Waals surface area contributed by atoms with Crippen LogP contribution >= 0.6 is 0 Å². The Kier molecular flexibility index (Phi) is 3.85. The fourth-order valence-corrected chi connectivity index (χ4v) is 2.97. The van der Waals surface area contributed by atoms with Crippen molar-refractivity contribution in [3.8, 4) is 0 Å². The molecule has 3 rings (SSSR count). The first-order valence-corrected chi connectivity index (χ1v) is 7.18. The summed E-state index contributed by atoms with van der Waals surface area (Å²) >= 11 is 0. The van der Waals surface area contributed by atoms with Crippen molar-refractivity contribution in [3.05, 3.63) is 36.0 Å². The zero-order valence-electron chi connectivity index (χ0n) is 11.9. The van der Waals surface area contributed by atoms with Gasteiger partial charge in [0.2, 0.25) is 0 Å². The number of piperidine rings is 1. The standard InChI is InChI=1S/C16H21N3O/c1-20-13-5-4-8-19(11-13)16-15-7-3-2-6-14(15)12(9-17)10-18-16/h2-3,6-7,10,13H,4-5,8-9,11,17H2,1H3. The Hall–Kier alpha value is -1.65. The maximum Gasteiger partial charge on any atom is 0.136 e. The molecule has 0 spiro atoms. The zero-order chi connectivity index (χ0) is 13.9. The van der Waals surface area contributed by atoms with Gasteiger partial charge in [-0.3, -0.25) is 0 Å². The van der Waals surface area contributed by atoms with Crippen LogP contribution in [-0.4, -0.2) is 31.3 Å². The van der Waals surface area contributed by atoms with Gasteiger partial charge in [-0.15, -0.1) is 0 Å². The quantitative estimate of drug-likeness (QED) is 0.930. The van der Waals surface area contributed by atoms with Gasteiger partial charge in [0, 0.05) is 38.3 Å². The van der Waals surface area contributed by atoms with E-state index in [0.717, 1.165) is 37.3 Å². The van der Waals surface area contributed by atoms with Gasteiger partial charge in [-0.05, 0) is 23.8 Å². The largest absolute Gasteiger partial charge is 0.380 e. The zero-order valence-corrected chi connectivity index (χ0v) is 11.9. The Morgan fingerprint density at radius 3 is 2.90 bits per heavy atom. The van der Waals surface area contributed by atoms with E-state index in [4.69, 9.17) is 10.5 Å². The van der Waals surface area contributed by atoms with Crippen molar-refractivity contribution in [1.82, 2.24) is 4.98 Å². The topological polar surface area (TPSA) is 51.4 Å². The minimum atomic E-state index is 0.304. The van der Waals surface area contributed by atoms with Crippen molar-refractivity contribution in [2.24, 2.45) is 5.73 Å². The average Bonchev–Trinajstić information content (AvgIpc) is 2.54. The number of nitrogens with zero attached hydrogens (tertiary/aromatic N) is 2. The predicted octanol–water partition coefficient (Wildman–Crippen LogP) is 2.31. The fraction of sp³-hybridized carbons (Fsp3) is 0.438. The van der Waals surface area contributed by atoms with Crippen molar-refractivity contribution in [1.29, 1.82) is 0 Å². The van der Waals surface area contributed by atoms with Gasteiger partial charge >= 0.3 is 0 Å². The van der Waals surface area contributed by atoms with Crippen LogP contribution in [0.15, 0.2) is 30.5 Å². The number of benzene rings is 1. The Labute approximate surface area is 119 Å². The molecular weight excluding hydrogens is 250 g/mol. The van der Waals surface area contributed by atoms with Crippen LogP contribution in [0.3, 0.4) is 0 Å². The van der Waals surface area contributed by atoms with E-state index in [1.54, 1.807) is 7.11 Å². The lowest BCUT2D eigenvalue weighted by Gasteiger charge is -2.33. The van der Waals surface area contributed by atoms with E-state index in [2.05, 4.69) is 34.1 Å². The third-order valence-corrected chi connectivity index (χ3v) is 4.09. The molecule has 1 aromatic heterocycles. The number of anilines is 1. The molecule has 0 saturated carbocycles. The van der Waals surface area contributed by atoms with Crippen molar-refractivity contribution in [2.45, 2.75) is 25.5 Å². The minimum absolute atomic E-state index is 0.304. The summed E-state index contributed by atoms with van der Waals surface area (Å²) in [5.41, 5.74) is 6.92. The molecule has 1 atom stereocenters. The molecule has 1 aromatic carbocycles. The lowest BCUT2D eigenvalue weighted by Crippen LogP contribution is -2.39. The number of fused-ring (bicyclic) bond motifs is 1. The smallest absolute Gasteiger partial charge is 0.136 e. The highest BCUT2D eigenvalue weighted by Crippen LogP contribution is 2.29. The highest BCUT2D eigenvalue weighted by molar-refractivity contribution is 5.94. The SMILES string of the molecule is COC1CCCN(c2ncc(CN)c3ccccc23)C1. The number of ether oxygens (including phenoxy) is 1. The average molecular weight is 271 g/mol. The summed E-state index contributed by atoms with van der Waals surface area (Å²) in [5.74, 6) is 1.06. The van der Waals surface area contributed by atoms with Crippen LogP contribution in [0.5, 0.6) is 0 Å². The van der Waals surface area contributed by atoms with Gasteiger partial charge in [-0.25, -0.2) is 4.98 Å². The van der Waals surface area contributed by atoms with Gasteiger partial charge in [0.25, 0.3) is 0 Å². The fourth-order valence-electron chi connectivity index (χ4n) is 2.97. The van der Waals surface area contributed by atoms with E-state index in [9.17, 15) is 0 Å². The molecule has 0 aliphatic carbocycles. The molecule has 4 nitrogen and oxygen atoms in total. The van der Waals surface area contributed by atoms with Crippen molar-refractivity contribution < 1.29 is 4.74 Å². The maximum atomic E-state index is 5.81. The summed E-state index contributed by atoms with van der Waals surface area (Å²) < 4.78 is 5.51. The number of aromatic nitrogens is 1. The van der Waals surface area contributed by atoms with Crippen LogP contribution in [-0.2, 0) is 11.3 Å². The van der Waals surface area contributed by atoms with Gasteiger partial charge in [0.1, 0.15) is 5.82 Å². The lowest BCUT2D eigenvalue weighted by molar-refractivity contribution is 0.0892. The van der Waals surface area contributed by atoms with Gasteiger partial charge < -0.3 is 15.4 Å². The van der Waals surface area contributed by atoms with Crippen molar-refractivity contribution >= 4 is 16.6 Å². The second-order valence-corrected chi connectivity index (χ2v) is 5.30. The Morgan fingerprint density at radius 2 is 2.15 bits per heavy atom. The van der Waals surface area contributed by atoms with Gasteiger partial charge in [-0.1, -0.05) is 24.3 Å². The highest BCUT2D eigenvalue weighted by atomic mass is 16.5. The predicted molar refractivity (Wildman–Crippen MR) is 81.9 cm³/mol. The second-order valence-electron chi connectivity index (χ2n) is 5.30. The van der Waals surface area contributed by atoms with Crippen LogP contribution in [0, 0.1) is 0 Å². The molecule has 4 heteroatoms. The minimum Gasteiger partial charge on any atom is -0.380 e. The summed E-state index contributed by atoms with van der Waals surface area (Å²) in [7, 11) is 1.79. The van der Waals surface area contributed by atoms with E-state index in [0.29, 0.717) is 12.6 Å². The van der Waals surface area contributed by atoms with Crippen molar-refractivity contribution in [3.63, 3.8) is 0 Å². The van der Waals surface area contributed by atoms with Gasteiger partial charge in [0.05, 0.1) is 6.10 Å². The van der Waals surface area contributed by atoms with Gasteiger partial charge in [0.15, 0.2) is 0 Å². The number of rotatable bonds is 3. The molecule has 106 valence electrons. The molecule has 2 aromatic rings. The van der Waals surface area contributed by atoms with E-state index >= 15 is 0 Å². The molecule has 1 aliphatic heterocycles. The van der Waals surface area contributed by atoms with E-state index in [-0.39, 0.29) is 0 Å². The van der Waals surface area contributed by atoms with Crippen molar-refractivity contribution in [2.75, 3.05) is 25.1 Å². The molecule has 0 bridgehead atoms. The molecule has 2 N–H and O–H groups in total. The summed E-state index contributed by atoms with van der Waals surface area (Å²) in [6.45, 7) is 2.47. The normalized spacial score (nSPS) is 19.5. The van der Waals surface area contributed by atoms with Crippen LogP contribution in [0.25, 0.3) is 10.8 Å². The Morgan fingerprint density at radius 1 is 1.35 bits per heavy atom. The monoisotopic (exact) mass is 271 g/mol. The summed E-state index contributed by atoms with van der Waals surface area (Å²) in [6.07, 6.45) is 4.49. The molecular formula is C16H21N3O. The number of hydrogen-bond acceptors (Lipinski definition) is 4. The third-order valence-electron chi connectivity index (χ3n) is 4.09. The Bertz CT molecular complexity index is 599. The van der Waals surface area contributed by atoms with Crippen LogP contribution in [0.4, 0.5) is 5.82 Å². The number of methoxy groups -OCH3 is 1. The Balaban J connectivity index is 2.03. The van der Waals surface area contributed by atoms with E-state index in [1.807, 2.05) is 6.20 Å². The molecule has 20 heavy (non-hydrogen) atoms. The first kappa shape index (κ1) is 13.3. The van der Waals surface area contributed by atoms with Crippen LogP contribution in [0.1, 0.15) is 18.4 Å². The summed E-state index contributed by atoms with van der Waals surface area (Å²) in [6, 6.07) is 8.37. The lowest BCUT2D eigenvalue weighted by atomic mass is 10.0. The molecule has 2 heterocycles. The van der Waals surface area contributed by atoms with E-state index in [1.165, 1.54) is 10.8 Å². The summed E-state index contributed by atoms with van der Waals surface area (Å²) in [5, 5.41) is 2.40. The molecule has 0 amide bonds. The molecule has 1 aliphatic rings. The number of hydrogen-bond donors (Lipinski definition) is 1. The summed E-state index contributed by atoms with van der Waals surface area (Å²) in [4.78, 5) is 6.99. The van der Waals surface area contributed by atoms with E-state index < -0.39 is 0 Å². The molecule has 1 fully saturated rings. The molecule has 0 radical (unpaired) electrons.